The second-order valence-electron chi connectivity index (χ2n) is 6.98. The average molecular weight is 416 g/mol. The number of nitrogens with zero attached hydrogens (tertiary/aromatic N) is 1. The van der Waals surface area contributed by atoms with E-state index in [4.69, 9.17) is 9.47 Å². The first-order chi connectivity index (χ1) is 15.1. The highest BCUT2D eigenvalue weighted by Crippen LogP contribution is 2.30. The Morgan fingerprint density at radius 1 is 1.03 bits per heavy atom. The van der Waals surface area contributed by atoms with Crippen molar-refractivity contribution in [1.29, 1.82) is 0 Å². The lowest BCUT2D eigenvalue weighted by molar-refractivity contribution is -0.384. The molecule has 0 radical (unpaired) electrons. The monoisotopic (exact) mass is 416 g/mol. The van der Waals surface area contributed by atoms with Crippen LogP contribution in [0.5, 0.6) is 11.5 Å². The molecule has 1 heterocycles. The van der Waals surface area contributed by atoms with Crippen LogP contribution in [0.4, 0.5) is 5.69 Å². The average Bonchev–Trinajstić information content (AvgIpc) is 2.81. The van der Waals surface area contributed by atoms with E-state index in [0.29, 0.717) is 34.8 Å². The molecular formula is C24H20N2O5. The predicted molar refractivity (Wildman–Crippen MR) is 117 cm³/mol. The van der Waals surface area contributed by atoms with Crippen molar-refractivity contribution in [3.8, 4) is 11.5 Å². The third-order valence-corrected chi connectivity index (χ3v) is 4.78. The maximum atomic E-state index is 13.0. The van der Waals surface area contributed by atoms with Gasteiger partial charge in [-0.25, -0.2) is 0 Å². The molecule has 156 valence electrons. The van der Waals surface area contributed by atoms with Gasteiger partial charge in [-0.3, -0.25) is 14.9 Å². The van der Waals surface area contributed by atoms with Gasteiger partial charge in [-0.15, -0.1) is 0 Å². The number of hydrogen-bond donors (Lipinski definition) is 1. The number of non-ortho nitro benzene ring substituents is 1. The first-order valence-electron chi connectivity index (χ1n) is 9.78. The van der Waals surface area contributed by atoms with Crippen molar-refractivity contribution in [3.63, 3.8) is 0 Å². The van der Waals surface area contributed by atoms with Gasteiger partial charge in [-0.2, -0.15) is 0 Å². The van der Waals surface area contributed by atoms with Gasteiger partial charge in [-0.1, -0.05) is 54.6 Å². The maximum absolute atomic E-state index is 13.0. The quantitative estimate of drug-likeness (QED) is 0.283. The number of nitro groups is 1. The Kier molecular flexibility index (Phi) is 5.93. The van der Waals surface area contributed by atoms with Crippen LogP contribution in [-0.4, -0.2) is 30.1 Å². The van der Waals surface area contributed by atoms with E-state index in [1.54, 1.807) is 18.2 Å². The van der Waals surface area contributed by atoms with Gasteiger partial charge >= 0.3 is 0 Å². The second kappa shape index (κ2) is 9.13. The molecule has 0 saturated heterocycles. The predicted octanol–water partition coefficient (Wildman–Crippen LogP) is 4.09. The van der Waals surface area contributed by atoms with Gasteiger partial charge in [0.1, 0.15) is 12.7 Å². The molecule has 0 aliphatic carbocycles. The molecule has 0 unspecified atom stereocenters. The van der Waals surface area contributed by atoms with E-state index in [1.807, 2.05) is 54.6 Å². The number of carbonyl (C=O) groups excluding carboxylic acids is 1. The lowest BCUT2D eigenvalue weighted by Gasteiger charge is -2.26. The molecule has 1 amide bonds. The SMILES string of the molecule is O=C(NC[C@H]1COc2ccccc2O1)/C(=C/c1cccc([N+](=O)[O-])c1)c1ccccc1. The molecule has 0 aromatic heterocycles. The number of para-hydroxylation sites is 2. The van der Waals surface area contributed by atoms with Crippen LogP contribution in [0.2, 0.25) is 0 Å². The Bertz CT molecular complexity index is 1130. The van der Waals surface area contributed by atoms with Crippen molar-refractivity contribution >= 4 is 23.2 Å². The first kappa shape index (κ1) is 20.2. The number of nitrogens with one attached hydrogen (secondary N) is 1. The summed E-state index contributed by atoms with van der Waals surface area (Å²) in [4.78, 5) is 23.7. The minimum atomic E-state index is -0.460. The molecule has 31 heavy (non-hydrogen) atoms. The van der Waals surface area contributed by atoms with Gasteiger partial charge in [0.25, 0.3) is 11.6 Å². The van der Waals surface area contributed by atoms with Crippen LogP contribution >= 0.6 is 0 Å². The van der Waals surface area contributed by atoms with Crippen molar-refractivity contribution < 1.29 is 19.2 Å². The number of carbonyl (C=O) groups is 1. The number of amides is 1. The zero-order chi connectivity index (χ0) is 21.6. The van der Waals surface area contributed by atoms with Crippen LogP contribution in [0.15, 0.2) is 78.9 Å². The maximum Gasteiger partial charge on any atom is 0.270 e. The minimum Gasteiger partial charge on any atom is -0.486 e. The van der Waals surface area contributed by atoms with E-state index in [2.05, 4.69) is 5.32 Å². The Balaban J connectivity index is 1.53. The molecule has 1 aliphatic rings. The lowest BCUT2D eigenvalue weighted by Crippen LogP contribution is -2.41. The summed E-state index contributed by atoms with van der Waals surface area (Å²) >= 11 is 0. The molecule has 0 fully saturated rings. The highest BCUT2D eigenvalue weighted by atomic mass is 16.6. The molecule has 1 aliphatic heterocycles. The topological polar surface area (TPSA) is 90.7 Å². The van der Waals surface area contributed by atoms with Gasteiger partial charge < -0.3 is 14.8 Å². The number of benzene rings is 3. The first-order valence-corrected chi connectivity index (χ1v) is 9.78. The normalized spacial score (nSPS) is 15.2. The zero-order valence-corrected chi connectivity index (χ0v) is 16.6. The Labute approximate surface area is 179 Å². The Morgan fingerprint density at radius 2 is 1.77 bits per heavy atom. The fourth-order valence-electron chi connectivity index (χ4n) is 3.26. The fourth-order valence-corrected chi connectivity index (χ4v) is 3.26. The lowest BCUT2D eigenvalue weighted by atomic mass is 10.0. The van der Waals surface area contributed by atoms with Crippen LogP contribution < -0.4 is 14.8 Å². The van der Waals surface area contributed by atoms with E-state index >= 15 is 0 Å². The summed E-state index contributed by atoms with van der Waals surface area (Å²) in [6, 6.07) is 22.7. The van der Waals surface area contributed by atoms with Gasteiger partial charge in [0, 0.05) is 17.7 Å². The van der Waals surface area contributed by atoms with Crippen LogP contribution in [0, 0.1) is 10.1 Å². The molecule has 0 saturated carbocycles. The van der Waals surface area contributed by atoms with Gasteiger partial charge in [-0.05, 0) is 29.3 Å². The van der Waals surface area contributed by atoms with E-state index in [-0.39, 0.29) is 24.2 Å². The third kappa shape index (κ3) is 4.90. The second-order valence-corrected chi connectivity index (χ2v) is 6.98. The Morgan fingerprint density at radius 3 is 2.55 bits per heavy atom. The molecule has 0 bridgehead atoms. The molecule has 4 rings (SSSR count). The molecule has 0 spiro atoms. The van der Waals surface area contributed by atoms with Crippen molar-refractivity contribution in [2.24, 2.45) is 0 Å². The van der Waals surface area contributed by atoms with E-state index in [0.717, 1.165) is 0 Å². The van der Waals surface area contributed by atoms with Crippen molar-refractivity contribution in [2.45, 2.75) is 6.10 Å². The largest absolute Gasteiger partial charge is 0.486 e. The summed E-state index contributed by atoms with van der Waals surface area (Å²) in [6.45, 7) is 0.582. The van der Waals surface area contributed by atoms with Crippen molar-refractivity contribution in [1.82, 2.24) is 5.32 Å². The molecule has 3 aromatic rings. The number of nitro benzene ring substituents is 1. The molecule has 7 nitrogen and oxygen atoms in total. The van der Waals surface area contributed by atoms with Crippen LogP contribution in [0.3, 0.4) is 0 Å². The van der Waals surface area contributed by atoms with Gasteiger partial charge in [0.05, 0.1) is 11.5 Å². The third-order valence-electron chi connectivity index (χ3n) is 4.78. The smallest absolute Gasteiger partial charge is 0.270 e. The summed E-state index contributed by atoms with van der Waals surface area (Å²) in [5.74, 6) is 1.02. The van der Waals surface area contributed by atoms with E-state index in [9.17, 15) is 14.9 Å². The Hall–Kier alpha value is -4.13. The van der Waals surface area contributed by atoms with Crippen LogP contribution in [-0.2, 0) is 4.79 Å². The fraction of sp³-hybridized carbons (Fsp3) is 0.125. The standard InChI is InChI=1S/C24H20N2O5/c27-24(25-15-20-16-30-22-11-4-5-12-23(22)31-20)21(18-8-2-1-3-9-18)14-17-7-6-10-19(13-17)26(28)29/h1-14,20H,15-16H2,(H,25,27)/b21-14+/t20-/m0/s1. The molecule has 1 N–H and O–H groups in total. The highest BCUT2D eigenvalue weighted by Gasteiger charge is 2.22. The zero-order valence-electron chi connectivity index (χ0n) is 16.6. The molecule has 3 aromatic carbocycles. The van der Waals surface area contributed by atoms with Gasteiger partial charge in [0.15, 0.2) is 11.5 Å². The van der Waals surface area contributed by atoms with E-state index in [1.165, 1.54) is 12.1 Å². The number of ether oxygens (including phenoxy) is 2. The number of fused-ring (bicyclic) bond motifs is 1. The summed E-state index contributed by atoms with van der Waals surface area (Å²) in [5.41, 5.74) is 1.64. The summed E-state index contributed by atoms with van der Waals surface area (Å²) in [7, 11) is 0. The van der Waals surface area contributed by atoms with Crippen molar-refractivity contribution in [2.75, 3.05) is 13.2 Å². The minimum absolute atomic E-state index is 0.0343. The summed E-state index contributed by atoms with van der Waals surface area (Å²) < 4.78 is 11.6. The molecular weight excluding hydrogens is 396 g/mol. The summed E-state index contributed by atoms with van der Waals surface area (Å²) in [6.07, 6.45) is 1.32. The number of rotatable bonds is 6. The highest BCUT2D eigenvalue weighted by molar-refractivity contribution is 6.24. The van der Waals surface area contributed by atoms with E-state index < -0.39 is 4.92 Å². The van der Waals surface area contributed by atoms with Crippen LogP contribution in [0.1, 0.15) is 11.1 Å². The number of hydrogen-bond acceptors (Lipinski definition) is 5. The van der Waals surface area contributed by atoms with Gasteiger partial charge in [0.2, 0.25) is 0 Å². The van der Waals surface area contributed by atoms with Crippen molar-refractivity contribution in [3.05, 3.63) is 100 Å². The molecule has 7 heteroatoms. The summed E-state index contributed by atoms with van der Waals surface area (Å²) in [5, 5.41) is 14.0. The van der Waals surface area contributed by atoms with Crippen LogP contribution in [0.25, 0.3) is 11.6 Å². The molecule has 1 atom stereocenters.